The summed E-state index contributed by atoms with van der Waals surface area (Å²) in [5.74, 6) is -1.23. The molecule has 2 nitrogen and oxygen atoms in total. The van der Waals surface area contributed by atoms with Crippen LogP contribution >= 0.6 is 0 Å². The summed E-state index contributed by atoms with van der Waals surface area (Å²) in [6.45, 7) is 1.62. The van der Waals surface area contributed by atoms with Crippen molar-refractivity contribution in [2.24, 2.45) is 5.92 Å². The summed E-state index contributed by atoms with van der Waals surface area (Å²) in [6, 6.07) is 4.53. The van der Waals surface area contributed by atoms with Gasteiger partial charge in [0.05, 0.1) is 6.10 Å². The second-order valence-corrected chi connectivity index (χ2v) is 6.44. The van der Waals surface area contributed by atoms with Crippen LogP contribution in [0.4, 0.5) is 8.78 Å². The normalized spacial score (nSPS) is 30.7. The van der Waals surface area contributed by atoms with Crippen molar-refractivity contribution in [2.45, 2.75) is 57.2 Å². The fourth-order valence-corrected chi connectivity index (χ4v) is 3.99. The molecule has 4 heteroatoms. The summed E-state index contributed by atoms with van der Waals surface area (Å²) in [4.78, 5) is 2.34. The summed E-state index contributed by atoms with van der Waals surface area (Å²) in [5, 5.41) is 10.3. The lowest BCUT2D eigenvalue weighted by Gasteiger charge is -2.37. The molecule has 1 saturated heterocycles. The van der Waals surface area contributed by atoms with Gasteiger partial charge in [-0.25, -0.2) is 8.78 Å². The van der Waals surface area contributed by atoms with Gasteiger partial charge in [-0.1, -0.05) is 18.9 Å². The molecule has 1 heterocycles. The SMILES string of the molecule is OC1CCCCC1C1CCCN1Cc1ccc(F)c(F)c1. The number of aliphatic hydroxyl groups is 1. The van der Waals surface area contributed by atoms with Gasteiger partial charge < -0.3 is 5.11 Å². The van der Waals surface area contributed by atoms with Gasteiger partial charge in [0.1, 0.15) is 0 Å². The maximum Gasteiger partial charge on any atom is 0.159 e. The van der Waals surface area contributed by atoms with Crippen LogP contribution in [0.2, 0.25) is 0 Å². The van der Waals surface area contributed by atoms with Gasteiger partial charge in [-0.2, -0.15) is 0 Å². The fourth-order valence-electron chi connectivity index (χ4n) is 3.99. The zero-order chi connectivity index (χ0) is 14.8. The van der Waals surface area contributed by atoms with Crippen LogP contribution in [0.5, 0.6) is 0 Å². The van der Waals surface area contributed by atoms with Gasteiger partial charge in [0.25, 0.3) is 0 Å². The van der Waals surface area contributed by atoms with E-state index in [0.717, 1.165) is 44.2 Å². The molecule has 0 amide bonds. The molecule has 1 aromatic carbocycles. The third-order valence-electron chi connectivity index (χ3n) is 5.06. The second-order valence-electron chi connectivity index (χ2n) is 6.44. The van der Waals surface area contributed by atoms with Crippen LogP contribution in [-0.4, -0.2) is 28.7 Å². The summed E-state index contributed by atoms with van der Waals surface area (Å²) in [6.07, 6.45) is 6.32. The van der Waals surface area contributed by atoms with Gasteiger partial charge in [-0.05, 0) is 49.9 Å². The Bertz CT molecular complexity index is 494. The van der Waals surface area contributed by atoms with Gasteiger partial charge in [0.15, 0.2) is 11.6 Å². The first kappa shape index (κ1) is 14.9. The summed E-state index contributed by atoms with van der Waals surface area (Å²) in [5.41, 5.74) is 0.811. The maximum absolute atomic E-state index is 13.3. The largest absolute Gasteiger partial charge is 0.393 e. The Morgan fingerprint density at radius 1 is 1.05 bits per heavy atom. The molecule has 3 atom stereocenters. The molecule has 1 N–H and O–H groups in total. The highest BCUT2D eigenvalue weighted by molar-refractivity contribution is 5.18. The van der Waals surface area contributed by atoms with Crippen LogP contribution in [-0.2, 0) is 6.54 Å². The number of nitrogens with zero attached hydrogens (tertiary/aromatic N) is 1. The van der Waals surface area contributed by atoms with Crippen LogP contribution < -0.4 is 0 Å². The molecule has 0 radical (unpaired) electrons. The quantitative estimate of drug-likeness (QED) is 0.923. The predicted molar refractivity (Wildman–Crippen MR) is 77.8 cm³/mol. The maximum atomic E-state index is 13.3. The number of hydrogen-bond acceptors (Lipinski definition) is 2. The van der Waals surface area contributed by atoms with Crippen molar-refractivity contribution in [1.82, 2.24) is 4.90 Å². The summed E-state index contributed by atoms with van der Waals surface area (Å²) >= 11 is 0. The van der Waals surface area contributed by atoms with Crippen LogP contribution in [0.1, 0.15) is 44.1 Å². The van der Waals surface area contributed by atoms with Gasteiger partial charge in [-0.3, -0.25) is 4.90 Å². The monoisotopic (exact) mass is 295 g/mol. The molecule has 1 saturated carbocycles. The smallest absolute Gasteiger partial charge is 0.159 e. The second kappa shape index (κ2) is 6.41. The molecule has 0 spiro atoms. The molecule has 21 heavy (non-hydrogen) atoms. The van der Waals surface area contributed by atoms with E-state index in [1.54, 1.807) is 6.07 Å². The van der Waals surface area contributed by atoms with Crippen molar-refractivity contribution in [2.75, 3.05) is 6.54 Å². The third-order valence-corrected chi connectivity index (χ3v) is 5.06. The van der Waals surface area contributed by atoms with Gasteiger partial charge >= 0.3 is 0 Å². The molecular weight excluding hydrogens is 272 g/mol. The molecule has 3 unspecified atom stereocenters. The Morgan fingerprint density at radius 3 is 2.62 bits per heavy atom. The first-order valence-electron chi connectivity index (χ1n) is 8.01. The number of likely N-dealkylation sites (tertiary alicyclic amines) is 1. The first-order chi connectivity index (χ1) is 10.1. The zero-order valence-corrected chi connectivity index (χ0v) is 12.3. The van der Waals surface area contributed by atoms with E-state index in [1.807, 2.05) is 0 Å². The highest BCUT2D eigenvalue weighted by atomic mass is 19.2. The Morgan fingerprint density at radius 2 is 1.86 bits per heavy atom. The van der Waals surface area contributed by atoms with Crippen molar-refractivity contribution in [3.63, 3.8) is 0 Å². The first-order valence-corrected chi connectivity index (χ1v) is 8.01. The topological polar surface area (TPSA) is 23.5 Å². The molecule has 1 aliphatic heterocycles. The van der Waals surface area contributed by atoms with Crippen molar-refractivity contribution >= 4 is 0 Å². The van der Waals surface area contributed by atoms with Crippen molar-refractivity contribution in [3.8, 4) is 0 Å². The van der Waals surface area contributed by atoms with Crippen molar-refractivity contribution in [1.29, 1.82) is 0 Å². The lowest BCUT2D eigenvalue weighted by Crippen LogP contribution is -2.42. The molecule has 2 aliphatic rings. The number of halogens is 2. The lowest BCUT2D eigenvalue weighted by atomic mass is 9.80. The van der Waals surface area contributed by atoms with Crippen LogP contribution in [0.15, 0.2) is 18.2 Å². The molecule has 2 fully saturated rings. The van der Waals surface area contributed by atoms with E-state index in [0.29, 0.717) is 18.5 Å². The van der Waals surface area contributed by atoms with Crippen LogP contribution in [0, 0.1) is 17.6 Å². The molecule has 1 aliphatic carbocycles. The Balaban J connectivity index is 1.70. The minimum atomic E-state index is -0.792. The van der Waals surface area contributed by atoms with E-state index in [4.69, 9.17) is 0 Å². The number of aliphatic hydroxyl groups excluding tert-OH is 1. The summed E-state index contributed by atoms with van der Waals surface area (Å²) in [7, 11) is 0. The van der Waals surface area contributed by atoms with Crippen molar-refractivity contribution < 1.29 is 13.9 Å². The number of rotatable bonds is 3. The summed E-state index contributed by atoms with van der Waals surface area (Å²) < 4.78 is 26.3. The van der Waals surface area contributed by atoms with E-state index in [1.165, 1.54) is 18.6 Å². The highest BCUT2D eigenvalue weighted by Gasteiger charge is 2.36. The minimum Gasteiger partial charge on any atom is -0.393 e. The minimum absolute atomic E-state index is 0.200. The van der Waals surface area contributed by atoms with E-state index in [2.05, 4.69) is 4.90 Å². The van der Waals surface area contributed by atoms with Gasteiger partial charge in [-0.15, -0.1) is 0 Å². The predicted octanol–water partition coefficient (Wildman–Crippen LogP) is 3.48. The van der Waals surface area contributed by atoms with E-state index < -0.39 is 11.6 Å². The Labute approximate surface area is 124 Å². The standard InChI is InChI=1S/C17H23F2NO/c18-14-8-7-12(10-15(14)19)11-20-9-3-5-16(20)13-4-1-2-6-17(13)21/h7-8,10,13,16-17,21H,1-6,9,11H2. The average molecular weight is 295 g/mol. The third kappa shape index (κ3) is 3.27. The number of benzene rings is 1. The molecular formula is C17H23F2NO. The number of hydrogen-bond donors (Lipinski definition) is 1. The van der Waals surface area contributed by atoms with E-state index in [-0.39, 0.29) is 6.10 Å². The fraction of sp³-hybridized carbons (Fsp3) is 0.647. The highest BCUT2D eigenvalue weighted by Crippen LogP contribution is 2.35. The molecule has 0 aromatic heterocycles. The Hall–Kier alpha value is -1.00. The van der Waals surface area contributed by atoms with Crippen LogP contribution in [0.3, 0.4) is 0 Å². The zero-order valence-electron chi connectivity index (χ0n) is 12.3. The Kier molecular flexibility index (Phi) is 4.55. The van der Waals surface area contributed by atoms with Gasteiger partial charge in [0.2, 0.25) is 0 Å². The van der Waals surface area contributed by atoms with Gasteiger partial charge in [0, 0.05) is 18.5 Å². The van der Waals surface area contributed by atoms with Crippen LogP contribution in [0.25, 0.3) is 0 Å². The van der Waals surface area contributed by atoms with Crippen molar-refractivity contribution in [3.05, 3.63) is 35.4 Å². The average Bonchev–Trinajstić information content (AvgIpc) is 2.91. The molecule has 0 bridgehead atoms. The van der Waals surface area contributed by atoms with E-state index in [9.17, 15) is 13.9 Å². The van der Waals surface area contributed by atoms with E-state index >= 15 is 0 Å². The lowest BCUT2D eigenvalue weighted by molar-refractivity contribution is 0.0201. The molecule has 116 valence electrons. The molecule has 3 rings (SSSR count). The molecule has 1 aromatic rings.